The van der Waals surface area contributed by atoms with Crippen LogP contribution >= 0.6 is 0 Å². The summed E-state index contributed by atoms with van der Waals surface area (Å²) in [6.07, 6.45) is 6.01. The van der Waals surface area contributed by atoms with E-state index in [0.29, 0.717) is 5.70 Å². The van der Waals surface area contributed by atoms with E-state index in [9.17, 15) is 0 Å². The molecule has 0 bridgehead atoms. The first-order chi connectivity index (χ1) is 5.22. The van der Waals surface area contributed by atoms with E-state index in [1.165, 1.54) is 6.20 Å². The summed E-state index contributed by atoms with van der Waals surface area (Å²) < 4.78 is 0. The van der Waals surface area contributed by atoms with Gasteiger partial charge in [-0.2, -0.15) is 0 Å². The Bertz CT molecular complexity index is 200. The third-order valence-corrected chi connectivity index (χ3v) is 1.11. The van der Waals surface area contributed by atoms with Gasteiger partial charge in [-0.3, -0.25) is 4.99 Å². The maximum atomic E-state index is 5.48. The van der Waals surface area contributed by atoms with E-state index in [0.717, 1.165) is 12.0 Å². The van der Waals surface area contributed by atoms with Crippen molar-refractivity contribution >= 4 is 6.21 Å². The highest BCUT2D eigenvalue weighted by molar-refractivity contribution is 5.84. The lowest BCUT2D eigenvalue weighted by Crippen LogP contribution is -1.99. The third-order valence-electron chi connectivity index (χ3n) is 1.11. The van der Waals surface area contributed by atoms with Gasteiger partial charge in [-0.1, -0.05) is 26.2 Å². The molecule has 0 rings (SSSR count). The fourth-order valence-corrected chi connectivity index (χ4v) is 0.620. The van der Waals surface area contributed by atoms with Gasteiger partial charge in [0.1, 0.15) is 0 Å². The van der Waals surface area contributed by atoms with Gasteiger partial charge in [-0.15, -0.1) is 0 Å². The van der Waals surface area contributed by atoms with Crippen molar-refractivity contribution in [3.8, 4) is 0 Å². The average molecular weight is 150 g/mol. The van der Waals surface area contributed by atoms with Crippen molar-refractivity contribution in [3.05, 3.63) is 36.7 Å². The summed E-state index contributed by atoms with van der Waals surface area (Å²) in [5.74, 6) is 0. The summed E-state index contributed by atoms with van der Waals surface area (Å²) in [5, 5.41) is 0. The highest BCUT2D eigenvalue weighted by atomic mass is 14.7. The Labute approximate surface area is 67.8 Å². The van der Waals surface area contributed by atoms with Crippen LogP contribution in [0.5, 0.6) is 0 Å². The molecule has 0 unspecified atom stereocenters. The molecule has 0 spiro atoms. The second kappa shape index (κ2) is 5.47. The highest BCUT2D eigenvalue weighted by Gasteiger charge is 1.90. The Hall–Kier alpha value is -1.31. The predicted molar refractivity (Wildman–Crippen MR) is 50.4 cm³/mol. The van der Waals surface area contributed by atoms with E-state index >= 15 is 0 Å². The molecule has 0 amide bonds. The normalized spacial score (nSPS) is 11.9. The molecule has 0 saturated carbocycles. The quantitative estimate of drug-likeness (QED) is 0.483. The molecule has 2 heteroatoms. The number of rotatable bonds is 4. The molecular formula is C9H14N2. The monoisotopic (exact) mass is 150 g/mol. The fraction of sp³-hybridized carbons (Fsp3) is 0.222. The molecule has 0 aliphatic carbocycles. The lowest BCUT2D eigenvalue weighted by Gasteiger charge is -1.97. The van der Waals surface area contributed by atoms with Crippen LogP contribution in [0.3, 0.4) is 0 Å². The van der Waals surface area contributed by atoms with Crippen LogP contribution in [0.1, 0.15) is 13.3 Å². The van der Waals surface area contributed by atoms with Crippen LogP contribution in [-0.2, 0) is 0 Å². The van der Waals surface area contributed by atoms with Gasteiger partial charge >= 0.3 is 0 Å². The standard InChI is InChI=1S/C9H14N2/c1-4-6-9(8(3)10)7-11-5-2/h5-7H,2-4,10H2,1H3/b9-6+,11-7?. The molecule has 0 aliphatic heterocycles. The molecule has 0 aromatic carbocycles. The van der Waals surface area contributed by atoms with E-state index in [2.05, 4.69) is 18.2 Å². The van der Waals surface area contributed by atoms with Crippen molar-refractivity contribution in [2.45, 2.75) is 13.3 Å². The van der Waals surface area contributed by atoms with Gasteiger partial charge < -0.3 is 5.73 Å². The summed E-state index contributed by atoms with van der Waals surface area (Å²) in [6, 6.07) is 0. The number of nitrogens with zero attached hydrogens (tertiary/aromatic N) is 1. The molecule has 0 atom stereocenters. The van der Waals surface area contributed by atoms with Crippen LogP contribution < -0.4 is 5.73 Å². The summed E-state index contributed by atoms with van der Waals surface area (Å²) >= 11 is 0. The zero-order valence-electron chi connectivity index (χ0n) is 6.88. The number of aliphatic imine (C=N–C) groups is 1. The minimum Gasteiger partial charge on any atom is -0.399 e. The summed E-state index contributed by atoms with van der Waals surface area (Å²) in [6.45, 7) is 9.10. The minimum absolute atomic E-state index is 0.539. The van der Waals surface area contributed by atoms with E-state index in [4.69, 9.17) is 5.73 Å². The molecule has 0 radical (unpaired) electrons. The van der Waals surface area contributed by atoms with Gasteiger partial charge in [0.25, 0.3) is 0 Å². The van der Waals surface area contributed by atoms with E-state index in [1.54, 1.807) is 6.21 Å². The van der Waals surface area contributed by atoms with E-state index in [1.807, 2.05) is 13.0 Å². The van der Waals surface area contributed by atoms with Crippen molar-refractivity contribution in [2.75, 3.05) is 0 Å². The first kappa shape index (κ1) is 9.69. The second-order valence-electron chi connectivity index (χ2n) is 2.05. The molecule has 0 aliphatic rings. The van der Waals surface area contributed by atoms with Crippen LogP contribution in [0.15, 0.2) is 41.7 Å². The Morgan fingerprint density at radius 3 is 2.64 bits per heavy atom. The van der Waals surface area contributed by atoms with Gasteiger partial charge in [-0.25, -0.2) is 0 Å². The second-order valence-corrected chi connectivity index (χ2v) is 2.05. The molecule has 11 heavy (non-hydrogen) atoms. The number of hydrogen-bond donors (Lipinski definition) is 1. The predicted octanol–water partition coefficient (Wildman–Crippen LogP) is 2.01. The molecule has 0 heterocycles. The molecule has 0 aromatic rings. The molecular weight excluding hydrogens is 136 g/mol. The summed E-state index contributed by atoms with van der Waals surface area (Å²) in [7, 11) is 0. The molecule has 0 fully saturated rings. The SMILES string of the molecule is C=CN=C/C(=C\CC)C(=C)N. The van der Waals surface area contributed by atoms with Crippen molar-refractivity contribution < 1.29 is 0 Å². The topological polar surface area (TPSA) is 38.4 Å². The largest absolute Gasteiger partial charge is 0.399 e. The maximum absolute atomic E-state index is 5.48. The molecule has 2 nitrogen and oxygen atoms in total. The van der Waals surface area contributed by atoms with Crippen molar-refractivity contribution in [1.82, 2.24) is 0 Å². The van der Waals surface area contributed by atoms with Crippen LogP contribution in [-0.4, -0.2) is 6.21 Å². The van der Waals surface area contributed by atoms with Crippen LogP contribution in [0.4, 0.5) is 0 Å². The van der Waals surface area contributed by atoms with E-state index < -0.39 is 0 Å². The van der Waals surface area contributed by atoms with Crippen LogP contribution in [0.25, 0.3) is 0 Å². The Kier molecular flexibility index (Phi) is 4.82. The smallest absolute Gasteiger partial charge is 0.0357 e. The Morgan fingerprint density at radius 1 is 1.64 bits per heavy atom. The molecule has 0 aromatic heterocycles. The summed E-state index contributed by atoms with van der Waals surface area (Å²) in [5.41, 5.74) is 6.88. The van der Waals surface area contributed by atoms with Gasteiger partial charge in [0, 0.05) is 23.7 Å². The van der Waals surface area contributed by atoms with Gasteiger partial charge in [0.15, 0.2) is 0 Å². The molecule has 60 valence electrons. The number of nitrogens with two attached hydrogens (primary N) is 1. The lowest BCUT2D eigenvalue weighted by atomic mass is 10.2. The average Bonchev–Trinajstić information content (AvgIpc) is 1.97. The van der Waals surface area contributed by atoms with Crippen molar-refractivity contribution in [1.29, 1.82) is 0 Å². The minimum atomic E-state index is 0.539. The highest BCUT2D eigenvalue weighted by Crippen LogP contribution is 1.99. The first-order valence-corrected chi connectivity index (χ1v) is 3.51. The Morgan fingerprint density at radius 2 is 2.27 bits per heavy atom. The zero-order valence-corrected chi connectivity index (χ0v) is 6.88. The van der Waals surface area contributed by atoms with Crippen molar-refractivity contribution in [3.63, 3.8) is 0 Å². The van der Waals surface area contributed by atoms with Gasteiger partial charge in [0.05, 0.1) is 0 Å². The van der Waals surface area contributed by atoms with Crippen LogP contribution in [0, 0.1) is 0 Å². The van der Waals surface area contributed by atoms with Crippen LogP contribution in [0.2, 0.25) is 0 Å². The van der Waals surface area contributed by atoms with Crippen molar-refractivity contribution in [2.24, 2.45) is 10.7 Å². The lowest BCUT2D eigenvalue weighted by molar-refractivity contribution is 1.20. The zero-order chi connectivity index (χ0) is 8.69. The third kappa shape index (κ3) is 4.14. The van der Waals surface area contributed by atoms with Gasteiger partial charge in [-0.05, 0) is 6.42 Å². The van der Waals surface area contributed by atoms with Gasteiger partial charge in [0.2, 0.25) is 0 Å². The molecule has 0 saturated heterocycles. The summed E-state index contributed by atoms with van der Waals surface area (Å²) in [4.78, 5) is 3.84. The van der Waals surface area contributed by atoms with E-state index in [-0.39, 0.29) is 0 Å². The maximum Gasteiger partial charge on any atom is 0.0357 e. The number of hydrogen-bond acceptors (Lipinski definition) is 2. The number of allylic oxidation sites excluding steroid dienone is 2. The Balaban J connectivity index is 4.35. The molecule has 2 N–H and O–H groups in total. The fourth-order valence-electron chi connectivity index (χ4n) is 0.620. The first-order valence-electron chi connectivity index (χ1n) is 3.51.